The Morgan fingerprint density at radius 2 is 1.86 bits per heavy atom. The first-order chi connectivity index (χ1) is 14.1. The molecule has 0 N–H and O–H groups in total. The predicted molar refractivity (Wildman–Crippen MR) is 108 cm³/mol. The van der Waals surface area contributed by atoms with Gasteiger partial charge in [-0.25, -0.2) is 4.79 Å². The van der Waals surface area contributed by atoms with E-state index in [-0.39, 0.29) is 23.5 Å². The maximum atomic E-state index is 11.9. The van der Waals surface area contributed by atoms with Gasteiger partial charge in [-0.05, 0) is 12.0 Å². The molecule has 0 amide bonds. The van der Waals surface area contributed by atoms with Crippen LogP contribution in [0.25, 0.3) is 0 Å². The molecule has 0 bridgehead atoms. The molecule has 29 heavy (non-hydrogen) atoms. The number of aldehydes is 1. The van der Waals surface area contributed by atoms with Gasteiger partial charge in [0.1, 0.15) is 5.56 Å². The highest BCUT2D eigenvalue weighted by Gasteiger charge is 2.25. The standard InChI is InChI=1S/C21H25N3O5/c1-5-16(11-12-18(26)27-2)24(13-15-9-7-6-8-10-15)19-17(14-25)20(28-3)23-21(22-19)29-4/h6-12,14,16H,5,13H2,1-4H3/b12-11+. The first kappa shape index (κ1) is 21.9. The van der Waals surface area contributed by atoms with Crippen LogP contribution in [0.2, 0.25) is 0 Å². The molecule has 0 saturated carbocycles. The van der Waals surface area contributed by atoms with Crippen molar-refractivity contribution >= 4 is 18.1 Å². The van der Waals surface area contributed by atoms with Crippen molar-refractivity contribution < 1.29 is 23.8 Å². The third kappa shape index (κ3) is 5.54. The summed E-state index contributed by atoms with van der Waals surface area (Å²) in [5.41, 5.74) is 1.21. The van der Waals surface area contributed by atoms with Crippen LogP contribution in [0, 0.1) is 0 Å². The molecule has 154 valence electrons. The minimum Gasteiger partial charge on any atom is -0.480 e. The highest BCUT2D eigenvalue weighted by atomic mass is 16.5. The zero-order valence-corrected chi connectivity index (χ0v) is 17.0. The van der Waals surface area contributed by atoms with E-state index in [4.69, 9.17) is 14.2 Å². The molecule has 0 saturated heterocycles. The van der Waals surface area contributed by atoms with Gasteiger partial charge in [-0.3, -0.25) is 4.79 Å². The Balaban J connectivity index is 2.61. The van der Waals surface area contributed by atoms with E-state index in [1.165, 1.54) is 27.4 Å². The number of hydrogen-bond acceptors (Lipinski definition) is 8. The molecule has 0 spiro atoms. The summed E-state index contributed by atoms with van der Waals surface area (Å²) in [6, 6.07) is 9.56. The average Bonchev–Trinajstić information content (AvgIpc) is 2.77. The minimum atomic E-state index is -0.462. The predicted octanol–water partition coefficient (Wildman–Crippen LogP) is 2.82. The maximum Gasteiger partial charge on any atom is 0.330 e. The Morgan fingerprint density at radius 1 is 1.14 bits per heavy atom. The summed E-state index contributed by atoms with van der Waals surface area (Å²) >= 11 is 0. The highest BCUT2D eigenvalue weighted by molar-refractivity contribution is 5.86. The summed E-state index contributed by atoms with van der Waals surface area (Å²) in [7, 11) is 4.18. The minimum absolute atomic E-state index is 0.0762. The molecule has 8 heteroatoms. The fourth-order valence-electron chi connectivity index (χ4n) is 2.83. The normalized spacial score (nSPS) is 11.7. The molecular formula is C21H25N3O5. The van der Waals surface area contributed by atoms with Crippen LogP contribution in [-0.4, -0.2) is 49.6 Å². The van der Waals surface area contributed by atoms with Crippen molar-refractivity contribution in [2.75, 3.05) is 26.2 Å². The third-order valence-corrected chi connectivity index (χ3v) is 4.31. The van der Waals surface area contributed by atoms with E-state index in [0.717, 1.165) is 5.56 Å². The topological polar surface area (TPSA) is 90.8 Å². The van der Waals surface area contributed by atoms with Gasteiger partial charge in [0.25, 0.3) is 0 Å². The van der Waals surface area contributed by atoms with E-state index in [2.05, 4.69) is 9.97 Å². The summed E-state index contributed by atoms with van der Waals surface area (Å²) in [5, 5.41) is 0. The summed E-state index contributed by atoms with van der Waals surface area (Å²) in [5.74, 6) is 0.0113. The zero-order valence-electron chi connectivity index (χ0n) is 17.0. The second-order valence-corrected chi connectivity index (χ2v) is 6.05. The van der Waals surface area contributed by atoms with E-state index in [0.29, 0.717) is 25.1 Å². The summed E-state index contributed by atoms with van der Waals surface area (Å²) in [6.45, 7) is 2.41. The fraction of sp³-hybridized carbons (Fsp3) is 0.333. The lowest BCUT2D eigenvalue weighted by atomic mass is 10.1. The van der Waals surface area contributed by atoms with Gasteiger partial charge >= 0.3 is 12.0 Å². The van der Waals surface area contributed by atoms with Crippen LogP contribution in [-0.2, 0) is 16.1 Å². The number of ether oxygens (including phenoxy) is 3. The van der Waals surface area contributed by atoms with E-state index < -0.39 is 5.97 Å². The average molecular weight is 399 g/mol. The number of aromatic nitrogens is 2. The lowest BCUT2D eigenvalue weighted by Gasteiger charge is -2.31. The summed E-state index contributed by atoms with van der Waals surface area (Å²) in [4.78, 5) is 33.9. The Bertz CT molecular complexity index is 855. The number of benzene rings is 1. The smallest absolute Gasteiger partial charge is 0.330 e. The number of anilines is 1. The quantitative estimate of drug-likeness (QED) is 0.342. The van der Waals surface area contributed by atoms with Gasteiger partial charge in [-0.15, -0.1) is 0 Å². The monoisotopic (exact) mass is 399 g/mol. The summed E-state index contributed by atoms with van der Waals surface area (Å²) in [6.07, 6.45) is 4.39. The van der Waals surface area contributed by atoms with Crippen LogP contribution in [0.15, 0.2) is 42.5 Å². The number of nitrogens with zero attached hydrogens (tertiary/aromatic N) is 3. The fourth-order valence-corrected chi connectivity index (χ4v) is 2.83. The molecule has 8 nitrogen and oxygen atoms in total. The molecule has 1 atom stereocenters. The van der Waals surface area contributed by atoms with Crippen molar-refractivity contribution in [3.05, 3.63) is 53.6 Å². The van der Waals surface area contributed by atoms with Crippen LogP contribution in [0.1, 0.15) is 29.3 Å². The first-order valence-electron chi connectivity index (χ1n) is 9.09. The number of methoxy groups -OCH3 is 3. The molecule has 0 aliphatic rings. The van der Waals surface area contributed by atoms with Gasteiger partial charge in [0.15, 0.2) is 12.1 Å². The molecule has 1 unspecified atom stereocenters. The molecule has 0 fully saturated rings. The molecule has 0 radical (unpaired) electrons. The van der Waals surface area contributed by atoms with Crippen molar-refractivity contribution in [3.8, 4) is 11.9 Å². The Kier molecular flexibility index (Phi) is 8.14. The largest absolute Gasteiger partial charge is 0.480 e. The summed E-state index contributed by atoms with van der Waals surface area (Å²) < 4.78 is 15.2. The third-order valence-electron chi connectivity index (χ3n) is 4.31. The number of carbonyl (C=O) groups excluding carboxylic acids is 2. The van der Waals surface area contributed by atoms with Crippen LogP contribution in [0.5, 0.6) is 11.9 Å². The SMILES string of the molecule is CCC(/C=C/C(=O)OC)N(Cc1ccccc1)c1nc(OC)nc(OC)c1C=O. The van der Waals surface area contributed by atoms with Crippen molar-refractivity contribution in [2.24, 2.45) is 0 Å². The Morgan fingerprint density at radius 3 is 2.41 bits per heavy atom. The molecule has 1 heterocycles. The van der Waals surface area contributed by atoms with Gasteiger partial charge < -0.3 is 19.1 Å². The van der Waals surface area contributed by atoms with Gasteiger partial charge in [0.2, 0.25) is 5.88 Å². The van der Waals surface area contributed by atoms with Crippen LogP contribution in [0.4, 0.5) is 5.82 Å². The molecule has 2 rings (SSSR count). The van der Waals surface area contributed by atoms with E-state index >= 15 is 0 Å². The van der Waals surface area contributed by atoms with Gasteiger partial charge in [-0.1, -0.05) is 43.3 Å². The molecule has 1 aromatic carbocycles. The van der Waals surface area contributed by atoms with Crippen LogP contribution in [0.3, 0.4) is 0 Å². The van der Waals surface area contributed by atoms with Crippen molar-refractivity contribution in [3.63, 3.8) is 0 Å². The molecule has 0 aliphatic heterocycles. The van der Waals surface area contributed by atoms with Crippen LogP contribution < -0.4 is 14.4 Å². The van der Waals surface area contributed by atoms with Crippen molar-refractivity contribution in [1.29, 1.82) is 0 Å². The molecule has 1 aromatic heterocycles. The van der Waals surface area contributed by atoms with E-state index in [1.807, 2.05) is 42.2 Å². The lowest BCUT2D eigenvalue weighted by Crippen LogP contribution is -2.35. The van der Waals surface area contributed by atoms with E-state index in [1.54, 1.807) is 6.08 Å². The van der Waals surface area contributed by atoms with Crippen LogP contribution >= 0.6 is 0 Å². The van der Waals surface area contributed by atoms with Crippen molar-refractivity contribution in [2.45, 2.75) is 25.9 Å². The number of carbonyl (C=O) groups is 2. The Hall–Kier alpha value is -3.42. The number of hydrogen-bond donors (Lipinski definition) is 0. The second kappa shape index (κ2) is 10.8. The Labute approximate surface area is 170 Å². The zero-order chi connectivity index (χ0) is 21.2. The number of rotatable bonds is 10. The van der Waals surface area contributed by atoms with Gasteiger partial charge in [-0.2, -0.15) is 9.97 Å². The molecule has 2 aromatic rings. The van der Waals surface area contributed by atoms with E-state index in [9.17, 15) is 9.59 Å². The van der Waals surface area contributed by atoms with Gasteiger partial charge in [0.05, 0.1) is 21.3 Å². The molecular weight excluding hydrogens is 374 g/mol. The van der Waals surface area contributed by atoms with Gasteiger partial charge in [0, 0.05) is 18.7 Å². The second-order valence-electron chi connectivity index (χ2n) is 6.05. The maximum absolute atomic E-state index is 11.9. The highest BCUT2D eigenvalue weighted by Crippen LogP contribution is 2.30. The first-order valence-corrected chi connectivity index (χ1v) is 9.09. The number of esters is 1. The molecule has 0 aliphatic carbocycles. The van der Waals surface area contributed by atoms with Crippen molar-refractivity contribution in [1.82, 2.24) is 9.97 Å². The lowest BCUT2D eigenvalue weighted by molar-refractivity contribution is -0.134.